The molecule has 15 atom stereocenters. The minimum atomic E-state index is -2.45. The lowest BCUT2D eigenvalue weighted by Gasteiger charge is -2.43. The molecule has 0 radical (unpaired) electrons. The quantitative estimate of drug-likeness (QED) is 0.0935. The summed E-state index contributed by atoms with van der Waals surface area (Å²) in [4.78, 5) is 87.6. The molecule has 1 amide bonds. The molecule has 1 aliphatic carbocycles. The molecule has 5 rings (SSSR count). The molecule has 4 heterocycles. The van der Waals surface area contributed by atoms with Crippen molar-refractivity contribution in [2.24, 2.45) is 40.9 Å². The smallest absolute Gasteiger partial charge is 0.329 e. The molecule has 17 nitrogen and oxygen atoms in total. The van der Waals surface area contributed by atoms with Crippen LogP contribution >= 0.6 is 0 Å². The van der Waals surface area contributed by atoms with Crippen molar-refractivity contribution in [2.75, 3.05) is 41.1 Å². The lowest BCUT2D eigenvalue weighted by Crippen LogP contribution is -2.61. The number of carbonyl (C=O) groups excluding carboxylic acids is 6. The van der Waals surface area contributed by atoms with E-state index in [4.69, 9.17) is 42.3 Å². The zero-order chi connectivity index (χ0) is 59.5. The van der Waals surface area contributed by atoms with Crippen molar-refractivity contribution >= 4 is 43.5 Å². The van der Waals surface area contributed by atoms with Gasteiger partial charge in [0.2, 0.25) is 5.79 Å². The van der Waals surface area contributed by atoms with E-state index in [0.717, 1.165) is 5.57 Å². The Kier molecular flexibility index (Phi) is 24.5. The van der Waals surface area contributed by atoms with Gasteiger partial charge in [0.15, 0.2) is 19.9 Å². The predicted octanol–water partition coefficient (Wildman–Crippen LogP) is 9.38. The first-order valence-electron chi connectivity index (χ1n) is 29.4. The van der Waals surface area contributed by atoms with Gasteiger partial charge < -0.3 is 52.3 Å². The number of piperidine rings is 1. The second-order valence-electron chi connectivity index (χ2n) is 25.7. The summed E-state index contributed by atoms with van der Waals surface area (Å²) < 4.78 is 55.0. The summed E-state index contributed by atoms with van der Waals surface area (Å²) in [6.45, 7) is 25.0. The van der Waals surface area contributed by atoms with Gasteiger partial charge in [-0.05, 0) is 147 Å². The number of methoxy groups -OCH3 is 3. The van der Waals surface area contributed by atoms with Crippen LogP contribution in [0.15, 0.2) is 47.6 Å². The molecule has 0 unspecified atom stereocenters. The Balaban J connectivity index is 1.48. The van der Waals surface area contributed by atoms with E-state index in [1.165, 1.54) is 12.0 Å². The van der Waals surface area contributed by atoms with Crippen LogP contribution in [0, 0.1) is 40.9 Å². The first kappa shape index (κ1) is 67.1. The highest BCUT2D eigenvalue weighted by molar-refractivity contribution is 6.69. The van der Waals surface area contributed by atoms with Gasteiger partial charge in [-0.1, -0.05) is 71.1 Å². The number of hydrogen-bond donors (Lipinski definition) is 1. The standard InChI is InChI=1S/C62H99NO16Si/c1-38-22-18-17-19-23-39(2)50(71-11)34-46-27-25-44(7)62(70,78-46)56(66)57(67)63-29-21-20-24-47(63)58(68)76-51(35-48(64)40(3)31-43(6)54(79-80(14,15)16)55(73-13)53(65)42(5)30-38)41(4)32-45-26-28-49(52(33-45)72-12)77-59(69)61(10)36-74-60(8,9)75-37-61/h17-19,22-23,31,38,40-42,44-47,49-52,54-55,70H,20-21,24-30,32-37H2,1-16H3/b19-17+,22-18-,39-23+,43-31+/t38-,40-,41-,42-,44-,45+,46+,47+,49-,50+,51+,52-,54-,55+,62-/m1/s1. The number of hydrogen-bond acceptors (Lipinski definition) is 16. The van der Waals surface area contributed by atoms with Crippen LogP contribution in [0.1, 0.15) is 146 Å². The highest BCUT2D eigenvalue weighted by atomic mass is 28.4. The van der Waals surface area contributed by atoms with Gasteiger partial charge in [0.25, 0.3) is 11.7 Å². The molecule has 3 saturated heterocycles. The summed E-state index contributed by atoms with van der Waals surface area (Å²) in [6.07, 6.45) is 12.0. The van der Waals surface area contributed by atoms with E-state index < -0.39 is 115 Å². The average Bonchev–Trinajstić information content (AvgIpc) is 3.40. The average molecular weight is 1140 g/mol. The number of rotatable bonds is 10. The topological polar surface area (TPSA) is 209 Å². The summed E-state index contributed by atoms with van der Waals surface area (Å²) >= 11 is 0. The van der Waals surface area contributed by atoms with Crippen LogP contribution in [0.25, 0.3) is 0 Å². The van der Waals surface area contributed by atoms with E-state index in [2.05, 4.69) is 6.92 Å². The molecule has 18 heteroatoms. The minimum Gasteiger partial charge on any atom is -0.460 e. The van der Waals surface area contributed by atoms with E-state index >= 15 is 0 Å². The largest absolute Gasteiger partial charge is 0.460 e. The first-order valence-corrected chi connectivity index (χ1v) is 32.8. The van der Waals surface area contributed by atoms with Crippen LogP contribution in [0.5, 0.6) is 0 Å². The van der Waals surface area contributed by atoms with Crippen molar-refractivity contribution < 1.29 is 76.2 Å². The minimum absolute atomic E-state index is 0.0263. The normalized spacial score (nSPS) is 37.7. The molecule has 5 aliphatic rings. The number of esters is 2. The van der Waals surface area contributed by atoms with Crippen LogP contribution in [0.4, 0.5) is 0 Å². The van der Waals surface area contributed by atoms with Gasteiger partial charge in [0.1, 0.15) is 35.6 Å². The Morgan fingerprint density at radius 2 is 1.50 bits per heavy atom. The number of fused-ring (bicyclic) bond motifs is 3. The Labute approximate surface area is 478 Å². The zero-order valence-electron chi connectivity index (χ0n) is 51.2. The number of cyclic esters (lactones) is 1. The highest BCUT2D eigenvalue weighted by Gasteiger charge is 2.53. The molecule has 1 saturated carbocycles. The summed E-state index contributed by atoms with van der Waals surface area (Å²) in [5.41, 5.74) is 0.561. The third kappa shape index (κ3) is 17.9. The Morgan fingerprint density at radius 3 is 2.14 bits per heavy atom. The zero-order valence-corrected chi connectivity index (χ0v) is 52.2. The Morgan fingerprint density at radius 1 is 0.812 bits per heavy atom. The maximum absolute atomic E-state index is 14.8. The van der Waals surface area contributed by atoms with Crippen LogP contribution in [0.3, 0.4) is 0 Å². The lowest BCUT2D eigenvalue weighted by molar-refractivity contribution is -0.283. The Bertz CT molecular complexity index is 2260. The van der Waals surface area contributed by atoms with Gasteiger partial charge in [0, 0.05) is 58.5 Å². The van der Waals surface area contributed by atoms with E-state index in [-0.39, 0.29) is 61.9 Å². The van der Waals surface area contributed by atoms with E-state index in [9.17, 15) is 33.9 Å². The monoisotopic (exact) mass is 1140 g/mol. The van der Waals surface area contributed by atoms with Gasteiger partial charge in [-0.3, -0.25) is 24.0 Å². The van der Waals surface area contributed by atoms with Crippen molar-refractivity contribution in [2.45, 2.75) is 226 Å². The second kappa shape index (κ2) is 29.2. The van der Waals surface area contributed by atoms with Crippen molar-refractivity contribution in [3.05, 3.63) is 47.6 Å². The summed E-state index contributed by atoms with van der Waals surface area (Å²) in [5.74, 6) is -9.08. The van der Waals surface area contributed by atoms with Crippen molar-refractivity contribution in [1.82, 2.24) is 4.90 Å². The van der Waals surface area contributed by atoms with Crippen LogP contribution in [-0.4, -0.2) is 155 Å². The SMILES string of the molecule is CO[C@H]1C[C@@H]2CC[C@@H](C)[C@@](O)(O2)C(=O)C(=O)N2CCCC[C@H]2C(=O)O[C@H]([C@H](C)C[C@@H]2CC[C@@H](OC(=O)C3(C)COC(C)(C)OC3)[C@H](OC)C2)CC(=O)[C@H](C)/C=C(\C)[C@@H](O[Si](C)(C)C)[C@@H](OC)C(=O)[C@H](C)C[C@H](C)\C=C/C=C/C=C/1C. The van der Waals surface area contributed by atoms with Crippen molar-refractivity contribution in [1.29, 1.82) is 0 Å². The number of Topliss-reactive ketones (excluding diaryl/α,β-unsaturated/α-hetero) is 3. The Hall–Kier alpha value is -3.72. The predicted molar refractivity (Wildman–Crippen MR) is 305 cm³/mol. The number of allylic oxidation sites excluding steroid dienone is 6. The summed E-state index contributed by atoms with van der Waals surface area (Å²) in [6, 6.07) is -1.17. The fraction of sp³-hybridized carbons (Fsp3) is 0.774. The van der Waals surface area contributed by atoms with Gasteiger partial charge in [-0.25, -0.2) is 4.79 Å². The van der Waals surface area contributed by atoms with E-state index in [1.807, 2.05) is 83.8 Å². The molecule has 0 aromatic rings. The summed E-state index contributed by atoms with van der Waals surface area (Å²) in [7, 11) is 2.36. The number of aliphatic hydroxyl groups is 1. The maximum Gasteiger partial charge on any atom is 0.329 e. The molecule has 80 heavy (non-hydrogen) atoms. The number of ketones is 3. The molecule has 4 fully saturated rings. The molecule has 0 aromatic carbocycles. The third-order valence-corrected chi connectivity index (χ3v) is 18.1. The maximum atomic E-state index is 14.8. The fourth-order valence-electron chi connectivity index (χ4n) is 11.9. The van der Waals surface area contributed by atoms with Crippen LogP contribution in [-0.2, 0) is 71.1 Å². The second-order valence-corrected chi connectivity index (χ2v) is 30.2. The molecular weight excluding hydrogens is 1040 g/mol. The summed E-state index contributed by atoms with van der Waals surface area (Å²) in [5, 5.41) is 12.1. The molecule has 2 bridgehead atoms. The highest BCUT2D eigenvalue weighted by Crippen LogP contribution is 2.40. The van der Waals surface area contributed by atoms with E-state index in [0.29, 0.717) is 69.8 Å². The molecule has 4 aliphatic heterocycles. The van der Waals surface area contributed by atoms with Gasteiger partial charge in [-0.15, -0.1) is 0 Å². The third-order valence-electron chi connectivity index (χ3n) is 17.1. The van der Waals surface area contributed by atoms with Gasteiger partial charge in [0.05, 0.1) is 37.6 Å². The molecule has 0 aromatic heterocycles. The lowest BCUT2D eigenvalue weighted by atomic mass is 9.78. The van der Waals surface area contributed by atoms with Crippen molar-refractivity contribution in [3.8, 4) is 0 Å². The molecule has 452 valence electrons. The molecule has 1 N–H and O–H groups in total. The van der Waals surface area contributed by atoms with Crippen LogP contribution in [0.2, 0.25) is 19.6 Å². The number of nitrogens with zero attached hydrogens (tertiary/aromatic N) is 1. The molecule has 0 spiro atoms. The molecular formula is C62H99NO16Si. The van der Waals surface area contributed by atoms with Gasteiger partial charge in [-0.2, -0.15) is 0 Å². The van der Waals surface area contributed by atoms with Gasteiger partial charge >= 0.3 is 11.9 Å². The number of ether oxygens (including phenoxy) is 8. The number of carbonyl (C=O) groups is 6. The van der Waals surface area contributed by atoms with Crippen LogP contribution < -0.4 is 0 Å². The fourth-order valence-corrected chi connectivity index (χ4v) is 13.0. The first-order chi connectivity index (χ1) is 37.5. The van der Waals surface area contributed by atoms with Crippen molar-refractivity contribution in [3.63, 3.8) is 0 Å². The number of amides is 1. The van der Waals surface area contributed by atoms with E-state index in [1.54, 1.807) is 48.8 Å².